The van der Waals surface area contributed by atoms with Crippen LogP contribution < -0.4 is 0 Å². The molecule has 0 nitrogen and oxygen atoms in total. The van der Waals surface area contributed by atoms with Crippen molar-refractivity contribution >= 4 is 17.8 Å². The predicted octanol–water partition coefficient (Wildman–Crippen LogP) is 5.07. The van der Waals surface area contributed by atoms with Crippen molar-refractivity contribution in [2.24, 2.45) is 0 Å². The lowest BCUT2D eigenvalue weighted by Crippen LogP contribution is -1.73. The summed E-state index contributed by atoms with van der Waals surface area (Å²) in [5.74, 6) is 0. The maximum Gasteiger partial charge on any atom is 0.0116 e. The van der Waals surface area contributed by atoms with Crippen molar-refractivity contribution in [2.45, 2.75) is 18.7 Å². The molecular formula is C16H16S. The van der Waals surface area contributed by atoms with E-state index in [4.69, 9.17) is 0 Å². The zero-order valence-corrected chi connectivity index (χ0v) is 11.0. The highest BCUT2D eigenvalue weighted by atomic mass is 32.2. The first-order chi connectivity index (χ1) is 8.24. The summed E-state index contributed by atoms with van der Waals surface area (Å²) < 4.78 is 0. The Kier molecular flexibility index (Phi) is 4.05. The van der Waals surface area contributed by atoms with E-state index in [9.17, 15) is 0 Å². The fourth-order valence-corrected chi connectivity index (χ4v) is 2.16. The second-order valence-corrected chi connectivity index (χ2v) is 5.12. The van der Waals surface area contributed by atoms with E-state index in [0.717, 1.165) is 0 Å². The molecule has 0 aromatic heterocycles. The van der Waals surface area contributed by atoms with Gasteiger partial charge in [0.05, 0.1) is 0 Å². The van der Waals surface area contributed by atoms with Crippen LogP contribution in [-0.2, 0) is 0 Å². The Labute approximate surface area is 107 Å². The number of aryl methyl sites for hydroxylation is 2. The van der Waals surface area contributed by atoms with E-state index in [1.807, 2.05) is 0 Å². The summed E-state index contributed by atoms with van der Waals surface area (Å²) in [7, 11) is 0. The van der Waals surface area contributed by atoms with Gasteiger partial charge >= 0.3 is 0 Å². The molecule has 1 heteroatoms. The van der Waals surface area contributed by atoms with Crippen LogP contribution in [0.1, 0.15) is 16.7 Å². The highest BCUT2D eigenvalue weighted by Crippen LogP contribution is 2.20. The first-order valence-corrected chi connectivity index (χ1v) is 6.58. The molecule has 0 N–H and O–H groups in total. The fraction of sp³-hybridized carbons (Fsp3) is 0.125. The van der Waals surface area contributed by atoms with Crippen molar-refractivity contribution in [2.75, 3.05) is 0 Å². The maximum absolute atomic E-state index is 2.15. The van der Waals surface area contributed by atoms with Gasteiger partial charge in [0, 0.05) is 4.90 Å². The van der Waals surface area contributed by atoms with Crippen LogP contribution in [0.2, 0.25) is 0 Å². The average molecular weight is 240 g/mol. The van der Waals surface area contributed by atoms with E-state index in [-0.39, 0.29) is 0 Å². The number of hydrogen-bond donors (Lipinski definition) is 0. The van der Waals surface area contributed by atoms with Gasteiger partial charge in [-0.3, -0.25) is 0 Å². The fourth-order valence-electron chi connectivity index (χ4n) is 1.49. The Morgan fingerprint density at radius 1 is 0.765 bits per heavy atom. The van der Waals surface area contributed by atoms with Crippen LogP contribution in [0.4, 0.5) is 0 Å². The SMILES string of the molecule is Cc1ccc(/C=C/Sc2ccc(C)cc2)cc1. The molecule has 0 amide bonds. The lowest BCUT2D eigenvalue weighted by atomic mass is 10.2. The van der Waals surface area contributed by atoms with Crippen LogP contribution in [0.5, 0.6) is 0 Å². The Morgan fingerprint density at radius 2 is 1.29 bits per heavy atom. The van der Waals surface area contributed by atoms with Crippen molar-refractivity contribution in [1.29, 1.82) is 0 Å². The zero-order chi connectivity index (χ0) is 12.1. The first-order valence-electron chi connectivity index (χ1n) is 5.70. The summed E-state index contributed by atoms with van der Waals surface area (Å²) in [5.41, 5.74) is 3.85. The second kappa shape index (κ2) is 5.74. The molecule has 0 atom stereocenters. The van der Waals surface area contributed by atoms with Gasteiger partial charge in [-0.15, -0.1) is 0 Å². The molecule has 0 aliphatic carbocycles. The van der Waals surface area contributed by atoms with Gasteiger partial charge in [0.25, 0.3) is 0 Å². The molecule has 0 aliphatic rings. The summed E-state index contributed by atoms with van der Waals surface area (Å²) >= 11 is 1.75. The predicted molar refractivity (Wildman–Crippen MR) is 77.2 cm³/mol. The van der Waals surface area contributed by atoms with Crippen LogP contribution in [0.3, 0.4) is 0 Å². The molecule has 2 rings (SSSR count). The Morgan fingerprint density at radius 3 is 1.88 bits per heavy atom. The van der Waals surface area contributed by atoms with E-state index < -0.39 is 0 Å². The van der Waals surface area contributed by atoms with Crippen molar-refractivity contribution in [3.63, 3.8) is 0 Å². The third-order valence-electron chi connectivity index (χ3n) is 2.56. The van der Waals surface area contributed by atoms with Gasteiger partial charge in [-0.05, 0) is 43.0 Å². The van der Waals surface area contributed by atoms with E-state index in [1.165, 1.54) is 21.6 Å². The molecule has 2 aromatic carbocycles. The van der Waals surface area contributed by atoms with Gasteiger partial charge < -0.3 is 0 Å². The average Bonchev–Trinajstić information content (AvgIpc) is 2.34. The van der Waals surface area contributed by atoms with Gasteiger partial charge in [0.1, 0.15) is 0 Å². The lowest BCUT2D eigenvalue weighted by Gasteiger charge is -1.97. The Bertz CT molecular complexity index is 492. The van der Waals surface area contributed by atoms with Gasteiger partial charge in [-0.25, -0.2) is 0 Å². The Balaban J connectivity index is 1.97. The van der Waals surface area contributed by atoms with Crippen LogP contribution in [0.25, 0.3) is 6.08 Å². The smallest absolute Gasteiger partial charge is 0.0116 e. The molecule has 2 aromatic rings. The minimum absolute atomic E-state index is 1.25. The second-order valence-electron chi connectivity index (χ2n) is 4.14. The third kappa shape index (κ3) is 3.79. The number of rotatable bonds is 3. The topological polar surface area (TPSA) is 0 Å². The molecular weight excluding hydrogens is 224 g/mol. The van der Waals surface area contributed by atoms with Crippen LogP contribution in [0, 0.1) is 13.8 Å². The standard InChI is InChI=1S/C16H16S/c1-13-3-7-15(8-4-13)11-12-17-16-9-5-14(2)6-10-16/h3-12H,1-2H3/b12-11+. The molecule has 17 heavy (non-hydrogen) atoms. The third-order valence-corrected chi connectivity index (χ3v) is 3.38. The molecule has 0 aliphatic heterocycles. The van der Waals surface area contributed by atoms with Crippen molar-refractivity contribution < 1.29 is 0 Å². The van der Waals surface area contributed by atoms with E-state index >= 15 is 0 Å². The molecule has 0 radical (unpaired) electrons. The highest BCUT2D eigenvalue weighted by molar-refractivity contribution is 8.02. The molecule has 86 valence electrons. The van der Waals surface area contributed by atoms with Gasteiger partial charge in [-0.1, -0.05) is 59.3 Å². The van der Waals surface area contributed by atoms with Crippen LogP contribution >= 0.6 is 11.8 Å². The largest absolute Gasteiger partial charge is 0.0981 e. The summed E-state index contributed by atoms with van der Waals surface area (Å²) in [4.78, 5) is 1.28. The van der Waals surface area contributed by atoms with Crippen molar-refractivity contribution in [1.82, 2.24) is 0 Å². The summed E-state index contributed by atoms with van der Waals surface area (Å²) in [6, 6.07) is 17.1. The highest BCUT2D eigenvalue weighted by Gasteiger charge is 1.90. The quantitative estimate of drug-likeness (QED) is 0.675. The molecule has 0 fully saturated rings. The van der Waals surface area contributed by atoms with Gasteiger partial charge in [-0.2, -0.15) is 0 Å². The van der Waals surface area contributed by atoms with Gasteiger partial charge in [0.2, 0.25) is 0 Å². The number of thioether (sulfide) groups is 1. The lowest BCUT2D eigenvalue weighted by molar-refractivity contribution is 1.38. The molecule has 0 bridgehead atoms. The van der Waals surface area contributed by atoms with Crippen LogP contribution in [0.15, 0.2) is 58.8 Å². The molecule has 0 unspecified atom stereocenters. The van der Waals surface area contributed by atoms with E-state index in [2.05, 4.69) is 73.9 Å². The number of hydrogen-bond acceptors (Lipinski definition) is 1. The molecule has 0 saturated carbocycles. The first kappa shape index (κ1) is 12.0. The minimum atomic E-state index is 1.25. The van der Waals surface area contributed by atoms with E-state index in [0.29, 0.717) is 0 Å². The molecule has 0 saturated heterocycles. The monoisotopic (exact) mass is 240 g/mol. The summed E-state index contributed by atoms with van der Waals surface area (Å²) in [6.45, 7) is 4.21. The Hall–Kier alpha value is -1.47. The number of benzene rings is 2. The maximum atomic E-state index is 2.15. The van der Waals surface area contributed by atoms with Crippen LogP contribution in [-0.4, -0.2) is 0 Å². The van der Waals surface area contributed by atoms with Gasteiger partial charge in [0.15, 0.2) is 0 Å². The zero-order valence-electron chi connectivity index (χ0n) is 10.2. The molecule has 0 heterocycles. The minimum Gasteiger partial charge on any atom is -0.0981 e. The molecule has 0 spiro atoms. The van der Waals surface area contributed by atoms with E-state index in [1.54, 1.807) is 11.8 Å². The van der Waals surface area contributed by atoms with Crippen molar-refractivity contribution in [3.05, 3.63) is 70.6 Å². The summed E-state index contributed by atoms with van der Waals surface area (Å²) in [5, 5.41) is 2.13. The summed E-state index contributed by atoms with van der Waals surface area (Å²) in [6.07, 6.45) is 2.14. The van der Waals surface area contributed by atoms with Crippen molar-refractivity contribution in [3.8, 4) is 0 Å². The normalized spacial score (nSPS) is 10.9.